The third-order valence-corrected chi connectivity index (χ3v) is 7.33. The fraction of sp³-hybridized carbons (Fsp3) is 0.895. The van der Waals surface area contributed by atoms with Gasteiger partial charge >= 0.3 is 0 Å². The highest BCUT2D eigenvalue weighted by Gasteiger charge is 2.62. The van der Waals surface area contributed by atoms with E-state index in [2.05, 4.69) is 25.7 Å². The highest BCUT2D eigenvalue weighted by atomic mass is 16.5. The topological polar surface area (TPSA) is 85.2 Å². The van der Waals surface area contributed by atoms with Crippen LogP contribution in [0.15, 0.2) is 6.33 Å². The van der Waals surface area contributed by atoms with Gasteiger partial charge in [0.1, 0.15) is 12.9 Å². The molecule has 0 unspecified atom stereocenters. The molecule has 4 atom stereocenters. The van der Waals surface area contributed by atoms with Gasteiger partial charge in [0.15, 0.2) is 0 Å². The van der Waals surface area contributed by atoms with Gasteiger partial charge in [-0.05, 0) is 42.0 Å². The van der Waals surface area contributed by atoms with Crippen molar-refractivity contribution in [2.24, 2.45) is 17.8 Å². The van der Waals surface area contributed by atoms with Crippen LogP contribution in [0.2, 0.25) is 0 Å². The molecule has 3 aliphatic heterocycles. The predicted molar refractivity (Wildman–Crippen MR) is 97.7 cm³/mol. The van der Waals surface area contributed by atoms with Crippen molar-refractivity contribution in [1.82, 2.24) is 30.4 Å². The number of ether oxygens (including phenoxy) is 1. The fourth-order valence-corrected chi connectivity index (χ4v) is 6.12. The molecule has 148 valence electrons. The molecule has 1 aromatic heterocycles. The number of likely N-dealkylation sites (tertiary alicyclic amines) is 1. The summed E-state index contributed by atoms with van der Waals surface area (Å²) >= 11 is 0. The Bertz CT molecular complexity index is 661. The van der Waals surface area contributed by atoms with E-state index in [-0.39, 0.29) is 18.1 Å². The van der Waals surface area contributed by atoms with Crippen LogP contribution in [0.25, 0.3) is 0 Å². The van der Waals surface area contributed by atoms with Crippen molar-refractivity contribution >= 4 is 5.91 Å². The minimum atomic E-state index is -0.0313. The van der Waals surface area contributed by atoms with E-state index in [0.717, 1.165) is 25.4 Å². The molecule has 4 fully saturated rings. The quantitative estimate of drug-likeness (QED) is 0.795. The Kier molecular flexibility index (Phi) is 4.63. The van der Waals surface area contributed by atoms with Crippen LogP contribution in [-0.2, 0) is 16.1 Å². The van der Waals surface area contributed by atoms with Crippen molar-refractivity contribution < 1.29 is 9.53 Å². The van der Waals surface area contributed by atoms with E-state index in [1.807, 2.05) is 0 Å². The third kappa shape index (κ3) is 3.38. The molecule has 1 saturated carbocycles. The van der Waals surface area contributed by atoms with Gasteiger partial charge in [0.25, 0.3) is 0 Å². The van der Waals surface area contributed by atoms with E-state index in [1.165, 1.54) is 56.1 Å². The summed E-state index contributed by atoms with van der Waals surface area (Å²) < 4.78 is 7.98. The lowest BCUT2D eigenvalue weighted by Crippen LogP contribution is -2.42. The number of hydrogen-bond acceptors (Lipinski definition) is 6. The maximum Gasteiger partial charge on any atom is 0.241 e. The molecule has 2 bridgehead atoms. The average molecular weight is 374 g/mol. The van der Waals surface area contributed by atoms with Crippen molar-refractivity contribution in [2.75, 3.05) is 26.2 Å². The van der Waals surface area contributed by atoms with E-state index < -0.39 is 0 Å². The highest BCUT2D eigenvalue weighted by molar-refractivity contribution is 5.75. The summed E-state index contributed by atoms with van der Waals surface area (Å²) in [7, 11) is 0. The van der Waals surface area contributed by atoms with E-state index in [0.29, 0.717) is 24.5 Å². The van der Waals surface area contributed by atoms with Gasteiger partial charge in [-0.25, -0.2) is 4.68 Å². The lowest BCUT2D eigenvalue weighted by molar-refractivity contribution is -0.122. The Morgan fingerprint density at radius 3 is 2.96 bits per heavy atom. The second-order valence-electron chi connectivity index (χ2n) is 9.04. The predicted octanol–water partition coefficient (Wildman–Crippen LogP) is 0.849. The van der Waals surface area contributed by atoms with E-state index >= 15 is 0 Å². The number of nitrogens with zero attached hydrogens (tertiary/aromatic N) is 5. The fourth-order valence-electron chi connectivity index (χ4n) is 6.12. The molecule has 1 amide bonds. The van der Waals surface area contributed by atoms with E-state index in [4.69, 9.17) is 4.74 Å². The summed E-state index contributed by atoms with van der Waals surface area (Å²) in [5, 5.41) is 14.0. The Morgan fingerprint density at radius 2 is 2.15 bits per heavy atom. The maximum atomic E-state index is 12.2. The second kappa shape index (κ2) is 7.13. The first-order chi connectivity index (χ1) is 13.2. The Hall–Kier alpha value is -1.54. The number of rotatable bonds is 6. The van der Waals surface area contributed by atoms with Crippen LogP contribution in [-0.4, -0.2) is 68.9 Å². The molecular formula is C19H30N6O2. The zero-order chi connectivity index (χ0) is 18.3. The molecular weight excluding hydrogens is 344 g/mol. The Morgan fingerprint density at radius 1 is 1.26 bits per heavy atom. The summed E-state index contributed by atoms with van der Waals surface area (Å²) in [6.45, 7) is 4.36. The molecule has 0 radical (unpaired) electrons. The van der Waals surface area contributed by atoms with Gasteiger partial charge in [-0.15, -0.1) is 5.10 Å². The van der Waals surface area contributed by atoms with Crippen LogP contribution in [0.1, 0.15) is 44.9 Å². The smallest absolute Gasteiger partial charge is 0.241 e. The molecule has 8 heteroatoms. The molecule has 3 saturated heterocycles. The largest absolute Gasteiger partial charge is 0.370 e. The summed E-state index contributed by atoms with van der Waals surface area (Å²) in [5.74, 6) is 1.85. The summed E-state index contributed by atoms with van der Waals surface area (Å²) in [6.07, 6.45) is 11.1. The van der Waals surface area contributed by atoms with Crippen molar-refractivity contribution in [3.8, 4) is 0 Å². The first kappa shape index (κ1) is 17.6. The highest BCUT2D eigenvalue weighted by Crippen LogP contribution is 2.54. The number of carbonyl (C=O) groups excluding carboxylic acids is 1. The third-order valence-electron chi connectivity index (χ3n) is 7.33. The molecule has 27 heavy (non-hydrogen) atoms. The average Bonchev–Trinajstić information content (AvgIpc) is 3.42. The number of nitrogens with one attached hydrogen (secondary N) is 1. The van der Waals surface area contributed by atoms with Gasteiger partial charge in [-0.1, -0.05) is 19.3 Å². The molecule has 1 N–H and O–H groups in total. The molecule has 4 heterocycles. The van der Waals surface area contributed by atoms with Crippen LogP contribution < -0.4 is 5.32 Å². The number of tetrazole rings is 1. The summed E-state index contributed by atoms with van der Waals surface area (Å²) in [5.41, 5.74) is 0.0601. The normalized spacial score (nSPS) is 36.2. The molecule has 8 nitrogen and oxygen atoms in total. The van der Waals surface area contributed by atoms with Crippen molar-refractivity contribution in [2.45, 2.75) is 63.2 Å². The van der Waals surface area contributed by atoms with Crippen molar-refractivity contribution in [3.63, 3.8) is 0 Å². The second-order valence-corrected chi connectivity index (χ2v) is 9.04. The van der Waals surface area contributed by atoms with Crippen LogP contribution in [0.3, 0.4) is 0 Å². The minimum absolute atomic E-state index is 0.0313. The lowest BCUT2D eigenvalue weighted by atomic mass is 9.73. The zero-order valence-electron chi connectivity index (χ0n) is 15.9. The number of fused-ring (bicyclic) bond motifs is 1. The van der Waals surface area contributed by atoms with E-state index in [1.54, 1.807) is 0 Å². The lowest BCUT2D eigenvalue weighted by Gasteiger charge is -2.29. The first-order valence-electron chi connectivity index (χ1n) is 10.6. The maximum absolute atomic E-state index is 12.2. The van der Waals surface area contributed by atoms with Gasteiger partial charge in [0, 0.05) is 38.0 Å². The zero-order valence-corrected chi connectivity index (χ0v) is 15.9. The van der Waals surface area contributed by atoms with Crippen LogP contribution in [0.5, 0.6) is 0 Å². The molecule has 1 aromatic rings. The first-order valence-corrected chi connectivity index (χ1v) is 10.6. The van der Waals surface area contributed by atoms with Crippen LogP contribution in [0.4, 0.5) is 0 Å². The van der Waals surface area contributed by atoms with E-state index in [9.17, 15) is 4.79 Å². The Balaban J connectivity index is 1.17. The number of carbonyl (C=O) groups is 1. The molecule has 1 spiro atoms. The minimum Gasteiger partial charge on any atom is -0.370 e. The molecule has 4 aliphatic rings. The Labute approximate surface area is 160 Å². The van der Waals surface area contributed by atoms with Gasteiger partial charge in [0.05, 0.1) is 11.7 Å². The SMILES string of the molecule is O=C(Cn1cnnn1)NC[C@H]1[C@H]2CN(CC3CCCCC3)C[C@]23CC[C@H]1O3. The summed E-state index contributed by atoms with van der Waals surface area (Å²) in [6, 6.07) is 0. The van der Waals surface area contributed by atoms with Gasteiger partial charge in [-0.2, -0.15) is 0 Å². The number of amides is 1. The molecule has 1 aliphatic carbocycles. The standard InChI is InChI=1S/C19H30N6O2/c26-18(11-25-13-21-22-23-25)20-8-15-16-10-24(9-14-4-2-1-3-5-14)12-19(16)7-6-17(15)27-19/h13-17H,1-12H2,(H,20,26)/t15-,16+,17+,19+/m0/s1. The monoisotopic (exact) mass is 374 g/mol. The van der Waals surface area contributed by atoms with Gasteiger partial charge in [-0.3, -0.25) is 9.69 Å². The van der Waals surface area contributed by atoms with Crippen LogP contribution in [0, 0.1) is 17.8 Å². The molecule has 0 aromatic carbocycles. The van der Waals surface area contributed by atoms with Gasteiger partial charge in [0.2, 0.25) is 5.91 Å². The van der Waals surface area contributed by atoms with Crippen molar-refractivity contribution in [1.29, 1.82) is 0 Å². The van der Waals surface area contributed by atoms with Crippen LogP contribution >= 0.6 is 0 Å². The number of aromatic nitrogens is 4. The van der Waals surface area contributed by atoms with Gasteiger partial charge < -0.3 is 10.1 Å². The summed E-state index contributed by atoms with van der Waals surface area (Å²) in [4.78, 5) is 14.9. The van der Waals surface area contributed by atoms with Crippen molar-refractivity contribution in [3.05, 3.63) is 6.33 Å². The number of hydrogen-bond donors (Lipinski definition) is 1. The molecule has 5 rings (SSSR count).